The maximum atomic E-state index is 12.5. The van der Waals surface area contributed by atoms with Crippen molar-refractivity contribution in [2.24, 2.45) is 0 Å². The standard InChI is InChI=1S/C16H13BrClN3O4S/c1-2-25-14-6-3-9(17)7-11(14)15(22)20-16(26)19-12-5-4-10(18)8-13(12)21(23)24/h3-8H,2H2,1H3,(H2,19,20,22,26). The van der Waals surface area contributed by atoms with Gasteiger partial charge < -0.3 is 10.1 Å². The van der Waals surface area contributed by atoms with Gasteiger partial charge in [-0.3, -0.25) is 20.2 Å². The first-order valence-electron chi connectivity index (χ1n) is 7.30. The first-order chi connectivity index (χ1) is 12.3. The number of thiocarbonyl (C=S) groups is 1. The summed E-state index contributed by atoms with van der Waals surface area (Å²) in [6.45, 7) is 2.19. The Hall–Kier alpha value is -2.23. The molecule has 1 amide bonds. The van der Waals surface area contributed by atoms with Crippen LogP contribution >= 0.6 is 39.7 Å². The molecule has 0 aliphatic heterocycles. The topological polar surface area (TPSA) is 93.5 Å². The van der Waals surface area contributed by atoms with E-state index in [4.69, 9.17) is 28.6 Å². The first kappa shape index (κ1) is 20.1. The van der Waals surface area contributed by atoms with Crippen molar-refractivity contribution in [3.05, 3.63) is 61.6 Å². The van der Waals surface area contributed by atoms with E-state index in [-0.39, 0.29) is 27.1 Å². The molecule has 0 saturated carbocycles. The average molecular weight is 459 g/mol. The van der Waals surface area contributed by atoms with Gasteiger partial charge in [0.15, 0.2) is 5.11 Å². The number of nitrogens with one attached hydrogen (secondary N) is 2. The van der Waals surface area contributed by atoms with Crippen molar-refractivity contribution in [1.29, 1.82) is 0 Å². The minimum absolute atomic E-state index is 0.0946. The van der Waals surface area contributed by atoms with Crippen LogP contribution in [0.5, 0.6) is 5.75 Å². The van der Waals surface area contributed by atoms with Crippen LogP contribution in [0.15, 0.2) is 40.9 Å². The molecule has 0 bridgehead atoms. The molecule has 10 heteroatoms. The van der Waals surface area contributed by atoms with E-state index in [1.54, 1.807) is 25.1 Å². The highest BCUT2D eigenvalue weighted by atomic mass is 79.9. The van der Waals surface area contributed by atoms with Gasteiger partial charge >= 0.3 is 0 Å². The van der Waals surface area contributed by atoms with Crippen molar-refractivity contribution in [3.8, 4) is 5.75 Å². The summed E-state index contributed by atoms with van der Waals surface area (Å²) in [5, 5.41) is 16.3. The molecule has 0 aromatic heterocycles. The van der Waals surface area contributed by atoms with Crippen molar-refractivity contribution in [3.63, 3.8) is 0 Å². The lowest BCUT2D eigenvalue weighted by Gasteiger charge is -2.13. The summed E-state index contributed by atoms with van der Waals surface area (Å²) in [5.74, 6) is -0.114. The van der Waals surface area contributed by atoms with Crippen LogP contribution in [-0.4, -0.2) is 22.5 Å². The molecule has 0 saturated heterocycles. The van der Waals surface area contributed by atoms with E-state index in [1.165, 1.54) is 18.2 Å². The molecule has 2 N–H and O–H groups in total. The number of halogens is 2. The Balaban J connectivity index is 2.17. The average Bonchev–Trinajstić information content (AvgIpc) is 2.58. The van der Waals surface area contributed by atoms with Crippen molar-refractivity contribution in [2.45, 2.75) is 6.92 Å². The normalized spacial score (nSPS) is 10.1. The van der Waals surface area contributed by atoms with Crippen molar-refractivity contribution in [1.82, 2.24) is 5.32 Å². The molecule has 2 aromatic rings. The number of nitro benzene ring substituents is 1. The van der Waals surface area contributed by atoms with Gasteiger partial charge in [-0.2, -0.15) is 0 Å². The number of nitro groups is 1. The van der Waals surface area contributed by atoms with Gasteiger partial charge in [0.25, 0.3) is 11.6 Å². The molecular weight excluding hydrogens is 446 g/mol. The van der Waals surface area contributed by atoms with Gasteiger partial charge in [-0.25, -0.2) is 0 Å². The maximum Gasteiger partial charge on any atom is 0.294 e. The lowest BCUT2D eigenvalue weighted by atomic mass is 10.2. The van der Waals surface area contributed by atoms with Crippen LogP contribution in [-0.2, 0) is 0 Å². The van der Waals surface area contributed by atoms with Gasteiger partial charge in [-0.15, -0.1) is 0 Å². The van der Waals surface area contributed by atoms with Crippen LogP contribution in [0.3, 0.4) is 0 Å². The summed E-state index contributed by atoms with van der Waals surface area (Å²) in [5.41, 5.74) is 0.131. The van der Waals surface area contributed by atoms with Gasteiger partial charge in [0.05, 0.1) is 17.1 Å². The summed E-state index contributed by atoms with van der Waals surface area (Å²) in [6.07, 6.45) is 0. The quantitative estimate of drug-likeness (QED) is 0.388. The smallest absolute Gasteiger partial charge is 0.294 e. The Morgan fingerprint density at radius 1 is 1.35 bits per heavy atom. The Labute approximate surface area is 168 Å². The molecule has 26 heavy (non-hydrogen) atoms. The number of carbonyl (C=O) groups is 1. The number of carbonyl (C=O) groups excluding carboxylic acids is 1. The van der Waals surface area contributed by atoms with Crippen molar-refractivity contribution >= 4 is 62.1 Å². The number of rotatable bonds is 5. The van der Waals surface area contributed by atoms with Gasteiger partial charge in [0.2, 0.25) is 0 Å². The van der Waals surface area contributed by atoms with Crippen molar-refractivity contribution < 1.29 is 14.5 Å². The minimum atomic E-state index is -0.597. The van der Waals surface area contributed by atoms with E-state index >= 15 is 0 Å². The summed E-state index contributed by atoms with van der Waals surface area (Å²) in [4.78, 5) is 23.0. The molecule has 2 aromatic carbocycles. The van der Waals surface area contributed by atoms with Gasteiger partial charge in [-0.1, -0.05) is 27.5 Å². The highest BCUT2D eigenvalue weighted by Gasteiger charge is 2.18. The largest absolute Gasteiger partial charge is 0.493 e. The minimum Gasteiger partial charge on any atom is -0.493 e. The summed E-state index contributed by atoms with van der Waals surface area (Å²) in [7, 11) is 0. The highest BCUT2D eigenvalue weighted by Crippen LogP contribution is 2.28. The number of amides is 1. The fraction of sp³-hybridized carbons (Fsp3) is 0.125. The molecule has 0 spiro atoms. The molecule has 0 atom stereocenters. The molecular formula is C16H13BrClN3O4S. The molecule has 0 aliphatic rings. The lowest BCUT2D eigenvalue weighted by molar-refractivity contribution is -0.383. The predicted molar refractivity (Wildman–Crippen MR) is 107 cm³/mol. The van der Waals surface area contributed by atoms with E-state index in [0.29, 0.717) is 16.8 Å². The third-order valence-corrected chi connectivity index (χ3v) is 4.05. The monoisotopic (exact) mass is 457 g/mol. The zero-order valence-electron chi connectivity index (χ0n) is 13.4. The number of hydrogen-bond donors (Lipinski definition) is 2. The van der Waals surface area contributed by atoms with E-state index in [1.807, 2.05) is 0 Å². The number of nitrogens with zero attached hydrogens (tertiary/aromatic N) is 1. The number of ether oxygens (including phenoxy) is 1. The third-order valence-electron chi connectivity index (χ3n) is 3.12. The van der Waals surface area contributed by atoms with Gasteiger partial charge in [-0.05, 0) is 49.5 Å². The maximum absolute atomic E-state index is 12.5. The van der Waals surface area contributed by atoms with Crippen LogP contribution in [0.1, 0.15) is 17.3 Å². The lowest BCUT2D eigenvalue weighted by Crippen LogP contribution is -2.34. The van der Waals surface area contributed by atoms with Crippen LogP contribution in [0.4, 0.5) is 11.4 Å². The van der Waals surface area contributed by atoms with E-state index < -0.39 is 10.8 Å². The fourth-order valence-corrected chi connectivity index (χ4v) is 2.78. The molecule has 0 fully saturated rings. The molecule has 2 rings (SSSR count). The number of anilines is 1. The Bertz CT molecular complexity index is 879. The summed E-state index contributed by atoms with van der Waals surface area (Å²) < 4.78 is 6.12. The van der Waals surface area contributed by atoms with E-state index in [2.05, 4.69) is 26.6 Å². The fourth-order valence-electron chi connectivity index (χ4n) is 2.05. The van der Waals surface area contributed by atoms with E-state index in [9.17, 15) is 14.9 Å². The van der Waals surface area contributed by atoms with Crippen LogP contribution in [0, 0.1) is 10.1 Å². The predicted octanol–water partition coefficient (Wildman–Crippen LogP) is 4.54. The zero-order chi connectivity index (χ0) is 19.3. The zero-order valence-corrected chi connectivity index (χ0v) is 16.6. The summed E-state index contributed by atoms with van der Waals surface area (Å²) in [6, 6.07) is 9.06. The molecule has 0 aliphatic carbocycles. The first-order valence-corrected chi connectivity index (χ1v) is 8.88. The SMILES string of the molecule is CCOc1ccc(Br)cc1C(=O)NC(=S)Nc1ccc(Cl)cc1[N+](=O)[O-]. The Morgan fingerprint density at radius 2 is 2.08 bits per heavy atom. The van der Waals surface area contributed by atoms with Crippen molar-refractivity contribution in [2.75, 3.05) is 11.9 Å². The molecule has 0 unspecified atom stereocenters. The number of benzene rings is 2. The Morgan fingerprint density at radius 3 is 2.73 bits per heavy atom. The van der Waals surface area contributed by atoms with Gasteiger partial charge in [0, 0.05) is 15.6 Å². The molecule has 0 radical (unpaired) electrons. The molecule has 0 heterocycles. The highest BCUT2D eigenvalue weighted by molar-refractivity contribution is 9.10. The second-order valence-electron chi connectivity index (χ2n) is 4.90. The van der Waals surface area contributed by atoms with Crippen LogP contribution in [0.25, 0.3) is 0 Å². The summed E-state index contributed by atoms with van der Waals surface area (Å²) >= 11 is 14.1. The molecule has 7 nitrogen and oxygen atoms in total. The third kappa shape index (κ3) is 5.13. The van der Waals surface area contributed by atoms with Gasteiger partial charge in [0.1, 0.15) is 11.4 Å². The van der Waals surface area contributed by atoms with Crippen LogP contribution < -0.4 is 15.4 Å². The second kappa shape index (κ2) is 8.93. The van der Waals surface area contributed by atoms with Crippen LogP contribution in [0.2, 0.25) is 5.02 Å². The van der Waals surface area contributed by atoms with E-state index in [0.717, 1.165) is 0 Å². The second-order valence-corrected chi connectivity index (χ2v) is 6.66. The number of hydrogen-bond acceptors (Lipinski definition) is 5. The molecule has 136 valence electrons. The Kier molecular flexibility index (Phi) is 6.90.